The van der Waals surface area contributed by atoms with Gasteiger partial charge in [-0.1, -0.05) is 24.3 Å². The first-order chi connectivity index (χ1) is 14.6. The fourth-order valence-electron chi connectivity index (χ4n) is 3.83. The second-order valence-electron chi connectivity index (χ2n) is 7.98. The molecule has 31 heavy (non-hydrogen) atoms. The van der Waals surface area contributed by atoms with Gasteiger partial charge in [0.2, 0.25) is 5.91 Å². The highest BCUT2D eigenvalue weighted by Gasteiger charge is 2.45. The van der Waals surface area contributed by atoms with Crippen LogP contribution in [-0.4, -0.2) is 86.1 Å². The Bertz CT molecular complexity index is 759. The van der Waals surface area contributed by atoms with Crippen molar-refractivity contribution in [1.29, 1.82) is 0 Å². The van der Waals surface area contributed by atoms with Gasteiger partial charge in [-0.2, -0.15) is 13.2 Å². The van der Waals surface area contributed by atoms with Crippen LogP contribution in [0.25, 0.3) is 0 Å². The molecule has 2 fully saturated rings. The van der Waals surface area contributed by atoms with Crippen LogP contribution in [0.5, 0.6) is 0 Å². The predicted octanol–water partition coefficient (Wildman–Crippen LogP) is 2.33. The molecule has 0 aliphatic carbocycles. The molecule has 1 spiro atoms. The quantitative estimate of drug-likeness (QED) is 0.748. The maximum absolute atomic E-state index is 12.4. The number of carbonyl (C=O) groups excluding carboxylic acids is 1. The molecule has 174 valence electrons. The topological polar surface area (TPSA) is 79.3 Å². The Kier molecular flexibility index (Phi) is 8.84. The van der Waals surface area contributed by atoms with Gasteiger partial charge >= 0.3 is 12.1 Å². The lowest BCUT2D eigenvalue weighted by atomic mass is 9.87. The van der Waals surface area contributed by atoms with Crippen LogP contribution in [0, 0.1) is 12.3 Å². The number of ether oxygens (including phenoxy) is 2. The summed E-state index contributed by atoms with van der Waals surface area (Å²) in [7, 11) is 1.68. The number of amides is 1. The average molecular weight is 446 g/mol. The summed E-state index contributed by atoms with van der Waals surface area (Å²) in [6.45, 7) is 8.37. The molecule has 0 saturated carbocycles. The van der Waals surface area contributed by atoms with Gasteiger partial charge in [0, 0.05) is 51.7 Å². The Labute approximate surface area is 179 Å². The molecule has 2 aliphatic rings. The summed E-state index contributed by atoms with van der Waals surface area (Å²) in [5, 5.41) is 7.12. The summed E-state index contributed by atoms with van der Waals surface area (Å²) >= 11 is 0. The summed E-state index contributed by atoms with van der Waals surface area (Å²) < 4.78 is 42.7. The van der Waals surface area contributed by atoms with Crippen molar-refractivity contribution in [2.45, 2.75) is 26.1 Å². The molecule has 1 aromatic rings. The number of hydrogen-bond donors (Lipinski definition) is 1. The molecule has 3 rings (SSSR count). The zero-order valence-electron chi connectivity index (χ0n) is 17.8. The molecule has 7 nitrogen and oxygen atoms in total. The summed E-state index contributed by atoms with van der Waals surface area (Å²) in [4.78, 5) is 25.7. The number of carboxylic acids is 1. The van der Waals surface area contributed by atoms with Crippen molar-refractivity contribution in [3.05, 3.63) is 35.4 Å². The standard InChI is InChI=1S/C19H28N2O3.C2HF3O2/c1-16-5-3-4-6-17(16)12-20-7-10-24-15-19(13-20)11-18(22)21(14-19)8-9-23-2;3-2(4,5)1(6)7/h3-6H,7-15H2,1-2H3;(H,6,7). The number of alkyl halides is 3. The van der Waals surface area contributed by atoms with Crippen LogP contribution in [0.15, 0.2) is 24.3 Å². The van der Waals surface area contributed by atoms with Crippen molar-refractivity contribution in [3.63, 3.8) is 0 Å². The minimum Gasteiger partial charge on any atom is -0.475 e. The van der Waals surface area contributed by atoms with Crippen LogP contribution < -0.4 is 0 Å². The molecule has 1 atom stereocenters. The smallest absolute Gasteiger partial charge is 0.475 e. The Morgan fingerprint density at radius 3 is 2.58 bits per heavy atom. The van der Waals surface area contributed by atoms with Gasteiger partial charge in [-0.3, -0.25) is 9.69 Å². The lowest BCUT2D eigenvalue weighted by molar-refractivity contribution is -0.192. The van der Waals surface area contributed by atoms with E-state index < -0.39 is 12.1 Å². The van der Waals surface area contributed by atoms with Crippen molar-refractivity contribution < 1.29 is 37.3 Å². The van der Waals surface area contributed by atoms with Gasteiger partial charge in [0.25, 0.3) is 0 Å². The van der Waals surface area contributed by atoms with Crippen LogP contribution in [0.1, 0.15) is 17.5 Å². The Hall–Kier alpha value is -2.17. The predicted molar refractivity (Wildman–Crippen MR) is 106 cm³/mol. The third-order valence-corrected chi connectivity index (χ3v) is 5.39. The number of methoxy groups -OCH3 is 1. The molecule has 0 aromatic heterocycles. The van der Waals surface area contributed by atoms with Gasteiger partial charge in [0.05, 0.1) is 19.8 Å². The summed E-state index contributed by atoms with van der Waals surface area (Å²) in [6, 6.07) is 8.52. The third kappa shape index (κ3) is 7.48. The fraction of sp³-hybridized carbons (Fsp3) is 0.619. The number of halogens is 3. The highest BCUT2D eigenvalue weighted by molar-refractivity contribution is 5.79. The fourth-order valence-corrected chi connectivity index (χ4v) is 3.83. The number of rotatable bonds is 5. The normalized spacial score (nSPS) is 22.2. The van der Waals surface area contributed by atoms with Crippen molar-refractivity contribution in [1.82, 2.24) is 9.80 Å². The molecule has 2 saturated heterocycles. The van der Waals surface area contributed by atoms with Crippen LogP contribution in [0.3, 0.4) is 0 Å². The van der Waals surface area contributed by atoms with Gasteiger partial charge < -0.3 is 19.5 Å². The number of likely N-dealkylation sites (tertiary alicyclic amines) is 1. The third-order valence-electron chi connectivity index (χ3n) is 5.39. The van der Waals surface area contributed by atoms with E-state index in [4.69, 9.17) is 19.4 Å². The second-order valence-corrected chi connectivity index (χ2v) is 7.98. The van der Waals surface area contributed by atoms with E-state index in [-0.39, 0.29) is 11.3 Å². The Morgan fingerprint density at radius 2 is 1.97 bits per heavy atom. The highest BCUT2D eigenvalue weighted by atomic mass is 19.4. The lowest BCUT2D eigenvalue weighted by Gasteiger charge is -2.31. The minimum atomic E-state index is -5.08. The Balaban J connectivity index is 0.000000423. The highest BCUT2D eigenvalue weighted by Crippen LogP contribution is 2.34. The van der Waals surface area contributed by atoms with Crippen molar-refractivity contribution in [2.75, 3.05) is 53.1 Å². The van der Waals surface area contributed by atoms with Crippen molar-refractivity contribution in [2.24, 2.45) is 5.41 Å². The molecule has 1 amide bonds. The zero-order valence-corrected chi connectivity index (χ0v) is 17.8. The first-order valence-electron chi connectivity index (χ1n) is 9.98. The van der Waals surface area contributed by atoms with Gasteiger partial charge in [-0.15, -0.1) is 0 Å². The SMILES string of the molecule is COCCN1CC2(COCCN(Cc3ccccc3C)C2)CC1=O.O=C(O)C(F)(F)F. The molecule has 1 unspecified atom stereocenters. The molecular formula is C21H29F3N2O5. The van der Waals surface area contributed by atoms with E-state index in [0.717, 1.165) is 32.8 Å². The molecule has 2 heterocycles. The maximum atomic E-state index is 12.4. The Morgan fingerprint density at radius 1 is 1.29 bits per heavy atom. The summed E-state index contributed by atoms with van der Waals surface area (Å²) in [5.41, 5.74) is 2.60. The van der Waals surface area contributed by atoms with E-state index in [0.29, 0.717) is 26.2 Å². The lowest BCUT2D eigenvalue weighted by Crippen LogP contribution is -2.41. The summed E-state index contributed by atoms with van der Waals surface area (Å²) in [5.74, 6) is -2.53. The second kappa shape index (κ2) is 10.9. The van der Waals surface area contributed by atoms with Gasteiger partial charge in [-0.05, 0) is 18.1 Å². The largest absolute Gasteiger partial charge is 0.490 e. The van der Waals surface area contributed by atoms with E-state index in [1.807, 2.05) is 4.90 Å². The number of aliphatic carboxylic acids is 1. The molecule has 0 bridgehead atoms. The molecule has 1 N–H and O–H groups in total. The average Bonchev–Trinajstić information content (AvgIpc) is 2.86. The number of benzene rings is 1. The first-order valence-corrected chi connectivity index (χ1v) is 9.98. The minimum absolute atomic E-state index is 0.0794. The van der Waals surface area contributed by atoms with Crippen molar-refractivity contribution >= 4 is 11.9 Å². The number of aryl methyl sites for hydroxylation is 1. The first kappa shape index (κ1) is 25.1. The van der Waals surface area contributed by atoms with E-state index in [2.05, 4.69) is 36.1 Å². The van der Waals surface area contributed by atoms with Crippen molar-refractivity contribution in [3.8, 4) is 0 Å². The van der Waals surface area contributed by atoms with Crippen LogP contribution >= 0.6 is 0 Å². The number of hydrogen-bond acceptors (Lipinski definition) is 5. The number of carboxylic acid groups (broad SMARTS) is 1. The monoisotopic (exact) mass is 446 g/mol. The summed E-state index contributed by atoms with van der Waals surface area (Å²) in [6.07, 6.45) is -4.50. The maximum Gasteiger partial charge on any atom is 0.490 e. The molecule has 2 aliphatic heterocycles. The van der Waals surface area contributed by atoms with Crippen LogP contribution in [0.2, 0.25) is 0 Å². The molecule has 10 heteroatoms. The van der Waals surface area contributed by atoms with E-state index in [1.165, 1.54) is 11.1 Å². The van der Waals surface area contributed by atoms with Gasteiger partial charge in [-0.25, -0.2) is 4.79 Å². The van der Waals surface area contributed by atoms with Crippen LogP contribution in [0.4, 0.5) is 13.2 Å². The van der Waals surface area contributed by atoms with E-state index >= 15 is 0 Å². The van der Waals surface area contributed by atoms with E-state index in [9.17, 15) is 18.0 Å². The van der Waals surface area contributed by atoms with E-state index in [1.54, 1.807) is 7.11 Å². The molecule has 1 aromatic carbocycles. The molecular weight excluding hydrogens is 417 g/mol. The van der Waals surface area contributed by atoms with Gasteiger partial charge in [0.1, 0.15) is 0 Å². The van der Waals surface area contributed by atoms with Gasteiger partial charge in [0.15, 0.2) is 0 Å². The number of carbonyl (C=O) groups is 2. The molecule has 0 radical (unpaired) electrons. The van der Waals surface area contributed by atoms with Crippen LogP contribution in [-0.2, 0) is 25.6 Å². The number of nitrogens with zero attached hydrogens (tertiary/aromatic N) is 2. The zero-order chi connectivity index (χ0) is 23.1.